The molecular formula is C16H15Cl2NO2. The molecular weight excluding hydrogens is 309 g/mol. The third kappa shape index (κ3) is 3.49. The first-order valence-corrected chi connectivity index (χ1v) is 7.17. The lowest BCUT2D eigenvalue weighted by Crippen LogP contribution is -2.22. The van der Waals surface area contributed by atoms with Crippen LogP contribution in [0, 0.1) is 0 Å². The van der Waals surface area contributed by atoms with Gasteiger partial charge in [0.15, 0.2) is 0 Å². The maximum absolute atomic E-state index is 10.9. The van der Waals surface area contributed by atoms with Crippen LogP contribution in [-0.4, -0.2) is 18.1 Å². The third-order valence-electron chi connectivity index (χ3n) is 3.49. The van der Waals surface area contributed by atoms with E-state index < -0.39 is 5.97 Å². The molecule has 1 N–H and O–H groups in total. The minimum Gasteiger partial charge on any atom is -0.478 e. The van der Waals surface area contributed by atoms with Gasteiger partial charge in [-0.2, -0.15) is 0 Å². The first-order chi connectivity index (χ1) is 9.90. The number of nitrogens with zero attached hydrogens (tertiary/aromatic N) is 1. The Morgan fingerprint density at radius 2 is 1.90 bits per heavy atom. The van der Waals surface area contributed by atoms with E-state index in [9.17, 15) is 4.79 Å². The van der Waals surface area contributed by atoms with Gasteiger partial charge in [-0.25, -0.2) is 4.79 Å². The molecule has 0 heterocycles. The second-order valence-electron chi connectivity index (χ2n) is 4.81. The van der Waals surface area contributed by atoms with E-state index in [1.54, 1.807) is 12.1 Å². The summed E-state index contributed by atoms with van der Waals surface area (Å²) in [5, 5.41) is 10.1. The fourth-order valence-electron chi connectivity index (χ4n) is 2.12. The number of hydrogen-bond donors (Lipinski definition) is 1. The highest BCUT2D eigenvalue weighted by Gasteiger charge is 2.16. The Bertz CT molecular complexity index is 673. The van der Waals surface area contributed by atoms with E-state index in [2.05, 4.69) is 0 Å². The van der Waals surface area contributed by atoms with Crippen molar-refractivity contribution in [2.24, 2.45) is 0 Å². The second-order valence-corrected chi connectivity index (χ2v) is 5.66. The fourth-order valence-corrected chi connectivity index (χ4v) is 2.64. The summed E-state index contributed by atoms with van der Waals surface area (Å²) in [6.07, 6.45) is 0. The van der Waals surface area contributed by atoms with Crippen molar-refractivity contribution in [2.75, 3.05) is 11.9 Å². The number of benzene rings is 2. The van der Waals surface area contributed by atoms with Crippen LogP contribution in [0.1, 0.15) is 28.9 Å². The molecule has 21 heavy (non-hydrogen) atoms. The number of aromatic carboxylic acids is 1. The highest BCUT2D eigenvalue weighted by molar-refractivity contribution is 6.33. The van der Waals surface area contributed by atoms with E-state index >= 15 is 0 Å². The largest absolute Gasteiger partial charge is 0.478 e. The Kier molecular flexibility index (Phi) is 4.76. The van der Waals surface area contributed by atoms with Crippen LogP contribution in [0.3, 0.4) is 0 Å². The number of carbonyl (C=O) groups is 1. The Morgan fingerprint density at radius 1 is 1.19 bits per heavy atom. The summed E-state index contributed by atoms with van der Waals surface area (Å²) >= 11 is 12.2. The Labute approximate surface area is 133 Å². The fraction of sp³-hybridized carbons (Fsp3) is 0.188. The summed E-state index contributed by atoms with van der Waals surface area (Å²) in [4.78, 5) is 12.9. The zero-order valence-electron chi connectivity index (χ0n) is 11.7. The molecule has 0 aliphatic carbocycles. The lowest BCUT2D eigenvalue weighted by molar-refractivity contribution is 0.0697. The van der Waals surface area contributed by atoms with Gasteiger partial charge < -0.3 is 10.0 Å². The molecule has 0 fully saturated rings. The SMILES string of the molecule is CC(c1cccc(Cl)c1)N(C)c1ccc(C(=O)O)cc1Cl. The van der Waals surface area contributed by atoms with Gasteiger partial charge in [0.05, 0.1) is 22.3 Å². The monoisotopic (exact) mass is 323 g/mol. The van der Waals surface area contributed by atoms with Crippen LogP contribution in [0.4, 0.5) is 5.69 Å². The summed E-state index contributed by atoms with van der Waals surface area (Å²) in [7, 11) is 1.91. The quantitative estimate of drug-likeness (QED) is 0.870. The molecule has 0 bridgehead atoms. The Balaban J connectivity index is 2.31. The van der Waals surface area contributed by atoms with Gasteiger partial charge in [0.25, 0.3) is 0 Å². The molecule has 0 spiro atoms. The molecule has 0 radical (unpaired) electrons. The van der Waals surface area contributed by atoms with Gasteiger partial charge >= 0.3 is 5.97 Å². The topological polar surface area (TPSA) is 40.5 Å². The first-order valence-electron chi connectivity index (χ1n) is 6.41. The normalized spacial score (nSPS) is 12.0. The van der Waals surface area contributed by atoms with Crippen molar-refractivity contribution >= 4 is 34.9 Å². The van der Waals surface area contributed by atoms with Crippen molar-refractivity contribution in [3.63, 3.8) is 0 Å². The van der Waals surface area contributed by atoms with Gasteiger partial charge in [-0.1, -0.05) is 35.3 Å². The zero-order chi connectivity index (χ0) is 15.6. The Morgan fingerprint density at radius 3 is 2.48 bits per heavy atom. The Hall–Kier alpha value is -1.71. The highest BCUT2D eigenvalue weighted by atomic mass is 35.5. The average Bonchev–Trinajstić information content (AvgIpc) is 2.45. The van der Waals surface area contributed by atoms with Gasteiger partial charge in [-0.05, 0) is 42.8 Å². The van der Waals surface area contributed by atoms with Crippen molar-refractivity contribution < 1.29 is 9.90 Å². The van der Waals surface area contributed by atoms with E-state index in [1.165, 1.54) is 6.07 Å². The smallest absolute Gasteiger partial charge is 0.335 e. The molecule has 0 saturated heterocycles. The summed E-state index contributed by atoms with van der Waals surface area (Å²) in [5.74, 6) is -0.992. The second kappa shape index (κ2) is 6.37. The van der Waals surface area contributed by atoms with Gasteiger partial charge in [0, 0.05) is 12.1 Å². The summed E-state index contributed by atoms with van der Waals surface area (Å²) < 4.78 is 0. The standard InChI is InChI=1S/C16H15Cl2NO2/c1-10(11-4-3-5-13(17)8-11)19(2)15-7-6-12(16(20)21)9-14(15)18/h3-10H,1-2H3,(H,20,21). The van der Waals surface area contributed by atoms with E-state index in [-0.39, 0.29) is 11.6 Å². The van der Waals surface area contributed by atoms with E-state index in [0.29, 0.717) is 10.0 Å². The van der Waals surface area contributed by atoms with Crippen molar-refractivity contribution in [1.29, 1.82) is 0 Å². The molecule has 3 nitrogen and oxygen atoms in total. The molecule has 110 valence electrons. The lowest BCUT2D eigenvalue weighted by atomic mass is 10.1. The van der Waals surface area contributed by atoms with Crippen LogP contribution in [0.2, 0.25) is 10.0 Å². The van der Waals surface area contributed by atoms with E-state index in [0.717, 1.165) is 11.3 Å². The van der Waals surface area contributed by atoms with Crippen LogP contribution >= 0.6 is 23.2 Å². The van der Waals surface area contributed by atoms with Crippen LogP contribution in [0.15, 0.2) is 42.5 Å². The van der Waals surface area contributed by atoms with Gasteiger partial charge in [-0.3, -0.25) is 0 Å². The summed E-state index contributed by atoms with van der Waals surface area (Å²) in [6, 6.07) is 12.4. The zero-order valence-corrected chi connectivity index (χ0v) is 13.2. The van der Waals surface area contributed by atoms with E-state index in [4.69, 9.17) is 28.3 Å². The van der Waals surface area contributed by atoms with Gasteiger partial charge in [-0.15, -0.1) is 0 Å². The van der Waals surface area contributed by atoms with Crippen LogP contribution in [0.5, 0.6) is 0 Å². The molecule has 0 aromatic heterocycles. The number of rotatable bonds is 4. The molecule has 0 amide bonds. The third-order valence-corrected chi connectivity index (χ3v) is 4.02. The van der Waals surface area contributed by atoms with Gasteiger partial charge in [0.1, 0.15) is 0 Å². The minimum atomic E-state index is -0.992. The number of carboxylic acids is 1. The molecule has 5 heteroatoms. The minimum absolute atomic E-state index is 0.0527. The van der Waals surface area contributed by atoms with Gasteiger partial charge in [0.2, 0.25) is 0 Å². The molecule has 1 unspecified atom stereocenters. The van der Waals surface area contributed by atoms with Crippen LogP contribution < -0.4 is 4.90 Å². The maximum Gasteiger partial charge on any atom is 0.335 e. The van der Waals surface area contributed by atoms with Crippen molar-refractivity contribution in [3.05, 3.63) is 63.6 Å². The number of halogens is 2. The van der Waals surface area contributed by atoms with Crippen molar-refractivity contribution in [3.8, 4) is 0 Å². The molecule has 0 aliphatic heterocycles. The molecule has 0 aliphatic rings. The molecule has 2 aromatic carbocycles. The van der Waals surface area contributed by atoms with Crippen LogP contribution in [0.25, 0.3) is 0 Å². The summed E-state index contributed by atoms with van der Waals surface area (Å²) in [5.41, 5.74) is 2.00. The predicted octanol–water partition coefficient (Wildman–Crippen LogP) is 4.89. The molecule has 0 saturated carbocycles. The van der Waals surface area contributed by atoms with Crippen molar-refractivity contribution in [2.45, 2.75) is 13.0 Å². The lowest BCUT2D eigenvalue weighted by Gasteiger charge is -2.28. The molecule has 2 rings (SSSR count). The van der Waals surface area contributed by atoms with Crippen molar-refractivity contribution in [1.82, 2.24) is 0 Å². The number of hydrogen-bond acceptors (Lipinski definition) is 2. The molecule has 2 aromatic rings. The average molecular weight is 324 g/mol. The molecule has 1 atom stereocenters. The highest BCUT2D eigenvalue weighted by Crippen LogP contribution is 2.32. The number of carboxylic acid groups (broad SMARTS) is 1. The van der Waals surface area contributed by atoms with Crippen LogP contribution in [-0.2, 0) is 0 Å². The predicted molar refractivity (Wildman–Crippen MR) is 86.7 cm³/mol. The van der Waals surface area contributed by atoms with E-state index in [1.807, 2.05) is 43.1 Å². The summed E-state index contributed by atoms with van der Waals surface area (Å²) in [6.45, 7) is 2.03. The number of anilines is 1. The maximum atomic E-state index is 10.9. The first kappa shape index (κ1) is 15.7.